The smallest absolute Gasteiger partial charge is 0.257 e. The van der Waals surface area contributed by atoms with Gasteiger partial charge in [-0.05, 0) is 80.5 Å². The van der Waals surface area contributed by atoms with Gasteiger partial charge in [-0.2, -0.15) is 0 Å². The predicted molar refractivity (Wildman–Crippen MR) is 141 cm³/mol. The molecule has 6 fully saturated rings. The fourth-order valence-electron chi connectivity index (χ4n) is 8.18. The first-order valence-corrected chi connectivity index (χ1v) is 14.2. The van der Waals surface area contributed by atoms with E-state index in [1.807, 2.05) is 0 Å². The first-order valence-electron chi connectivity index (χ1n) is 14.2. The second kappa shape index (κ2) is 10.1. The normalized spacial score (nSPS) is 32.6. The number of hydrogen-bond donors (Lipinski definition) is 1. The van der Waals surface area contributed by atoms with Gasteiger partial charge in [0.25, 0.3) is 5.91 Å². The molecule has 9 heteroatoms. The molecule has 4 amide bonds. The van der Waals surface area contributed by atoms with Crippen LogP contribution in [0.15, 0.2) is 24.3 Å². The zero-order chi connectivity index (χ0) is 26.4. The zero-order valence-corrected chi connectivity index (χ0v) is 22.2. The van der Waals surface area contributed by atoms with E-state index in [1.165, 1.54) is 31.1 Å². The van der Waals surface area contributed by atoms with Crippen LogP contribution in [0.5, 0.6) is 0 Å². The van der Waals surface area contributed by atoms with E-state index < -0.39 is 6.04 Å². The Morgan fingerprint density at radius 1 is 1.00 bits per heavy atom. The fraction of sp³-hybridized carbons (Fsp3) is 0.655. The summed E-state index contributed by atoms with van der Waals surface area (Å²) in [7, 11) is 0. The third-order valence-electron chi connectivity index (χ3n) is 9.46. The number of nitrogens with one attached hydrogen (secondary N) is 1. The van der Waals surface area contributed by atoms with Gasteiger partial charge in [-0.1, -0.05) is 0 Å². The zero-order valence-electron chi connectivity index (χ0n) is 22.2. The Balaban J connectivity index is 1.25. The van der Waals surface area contributed by atoms with Gasteiger partial charge in [-0.25, -0.2) is 4.90 Å². The summed E-state index contributed by atoms with van der Waals surface area (Å²) in [5.41, 5.74) is 0.685. The largest absolute Gasteiger partial charge is 0.379 e. The van der Waals surface area contributed by atoms with E-state index >= 15 is 0 Å². The van der Waals surface area contributed by atoms with Crippen LogP contribution in [0.25, 0.3) is 0 Å². The van der Waals surface area contributed by atoms with Crippen LogP contribution >= 0.6 is 0 Å². The van der Waals surface area contributed by atoms with Gasteiger partial charge < -0.3 is 15.0 Å². The van der Waals surface area contributed by atoms with Crippen molar-refractivity contribution in [2.24, 2.45) is 23.2 Å². The number of ether oxygens (including phenoxy) is 1. The van der Waals surface area contributed by atoms with E-state index in [0.717, 1.165) is 32.4 Å². The molecule has 7 rings (SSSR count). The molecule has 0 aromatic heterocycles. The molecule has 38 heavy (non-hydrogen) atoms. The number of imide groups is 1. The van der Waals surface area contributed by atoms with E-state index in [9.17, 15) is 19.2 Å². The monoisotopic (exact) mass is 522 g/mol. The molecule has 4 saturated carbocycles. The van der Waals surface area contributed by atoms with Crippen molar-refractivity contribution in [2.45, 2.75) is 57.9 Å². The molecule has 0 radical (unpaired) electrons. The first kappa shape index (κ1) is 25.5. The molecule has 2 aliphatic heterocycles. The number of carbonyl (C=O) groups is 4. The predicted octanol–water partition coefficient (Wildman–Crippen LogP) is 2.65. The third-order valence-corrected chi connectivity index (χ3v) is 9.46. The SMILES string of the molecule is CC(=O)Nc1ccc(N2C(=O)CC(N(CCN3CCOCC3)C(=O)C34CC5CC(CC(C5)C3)C4)C2=O)cc1. The number of rotatable bonds is 7. The number of amides is 4. The molecule has 4 aliphatic carbocycles. The first-order chi connectivity index (χ1) is 18.3. The van der Waals surface area contributed by atoms with Crippen LogP contribution < -0.4 is 10.2 Å². The topological polar surface area (TPSA) is 99.3 Å². The van der Waals surface area contributed by atoms with Gasteiger partial charge in [0.15, 0.2) is 0 Å². The van der Waals surface area contributed by atoms with E-state index in [4.69, 9.17) is 4.74 Å². The number of anilines is 2. The summed E-state index contributed by atoms with van der Waals surface area (Å²) in [6.07, 6.45) is 6.50. The molecule has 9 nitrogen and oxygen atoms in total. The van der Waals surface area contributed by atoms with Gasteiger partial charge in [-0.15, -0.1) is 0 Å². The highest BCUT2D eigenvalue weighted by atomic mass is 16.5. The lowest BCUT2D eigenvalue weighted by Crippen LogP contribution is -2.58. The quantitative estimate of drug-likeness (QED) is 0.553. The highest BCUT2D eigenvalue weighted by molar-refractivity contribution is 6.23. The van der Waals surface area contributed by atoms with E-state index in [2.05, 4.69) is 10.2 Å². The fourth-order valence-corrected chi connectivity index (χ4v) is 8.18. The number of nitrogens with zero attached hydrogens (tertiary/aromatic N) is 3. The van der Waals surface area contributed by atoms with E-state index in [1.54, 1.807) is 29.2 Å². The van der Waals surface area contributed by atoms with Crippen LogP contribution in [0, 0.1) is 23.2 Å². The second-order valence-corrected chi connectivity index (χ2v) is 12.2. The summed E-state index contributed by atoms with van der Waals surface area (Å²) in [5, 5.41) is 2.70. The molecule has 1 aromatic rings. The molecule has 1 unspecified atom stereocenters. The summed E-state index contributed by atoms with van der Waals surface area (Å²) in [4.78, 5) is 58.1. The average molecular weight is 523 g/mol. The summed E-state index contributed by atoms with van der Waals surface area (Å²) in [5.74, 6) is 1.14. The van der Waals surface area contributed by atoms with Crippen molar-refractivity contribution in [3.63, 3.8) is 0 Å². The van der Waals surface area contributed by atoms with Gasteiger partial charge in [0.05, 0.1) is 30.7 Å². The molecule has 0 spiro atoms. The van der Waals surface area contributed by atoms with Gasteiger partial charge >= 0.3 is 0 Å². The van der Waals surface area contributed by atoms with Crippen molar-refractivity contribution in [2.75, 3.05) is 49.6 Å². The Morgan fingerprint density at radius 2 is 1.61 bits per heavy atom. The van der Waals surface area contributed by atoms with Crippen LogP contribution in [0.2, 0.25) is 0 Å². The van der Waals surface area contributed by atoms with Gasteiger partial charge in [0.2, 0.25) is 17.7 Å². The lowest BCUT2D eigenvalue weighted by atomic mass is 9.49. The number of morpholine rings is 1. The van der Waals surface area contributed by atoms with Crippen LogP contribution in [-0.4, -0.2) is 78.9 Å². The Morgan fingerprint density at radius 3 is 2.18 bits per heavy atom. The summed E-state index contributed by atoms with van der Waals surface area (Å²) >= 11 is 0. The van der Waals surface area contributed by atoms with Crippen molar-refractivity contribution in [1.82, 2.24) is 9.80 Å². The minimum atomic E-state index is -0.779. The Kier molecular flexibility index (Phi) is 6.76. The van der Waals surface area contributed by atoms with Crippen molar-refractivity contribution in [3.8, 4) is 0 Å². The Bertz CT molecular complexity index is 1080. The maximum atomic E-state index is 14.5. The van der Waals surface area contributed by atoms with E-state index in [-0.39, 0.29) is 35.5 Å². The number of benzene rings is 1. The van der Waals surface area contributed by atoms with Crippen molar-refractivity contribution in [3.05, 3.63) is 24.3 Å². The van der Waals surface area contributed by atoms with Gasteiger partial charge in [0, 0.05) is 38.8 Å². The van der Waals surface area contributed by atoms with Crippen molar-refractivity contribution in [1.29, 1.82) is 0 Å². The molecule has 204 valence electrons. The minimum absolute atomic E-state index is 0.00744. The summed E-state index contributed by atoms with van der Waals surface area (Å²) in [6, 6.07) is 5.92. The molecule has 1 aromatic carbocycles. The standard InChI is InChI=1S/C29H38N4O5/c1-19(34)30-23-2-4-24(5-3-23)33-26(35)15-25(27(33)36)32(7-6-31-8-10-38-11-9-31)28(37)29-16-20-12-21(17-29)14-22(13-20)18-29/h2-5,20-22,25H,6-18H2,1H3,(H,30,34). The molecular formula is C29H38N4O5. The lowest BCUT2D eigenvalue weighted by molar-refractivity contribution is -0.162. The Labute approximate surface area is 223 Å². The highest BCUT2D eigenvalue weighted by Crippen LogP contribution is 2.60. The van der Waals surface area contributed by atoms with E-state index in [0.29, 0.717) is 55.4 Å². The molecule has 1 atom stereocenters. The molecule has 2 heterocycles. The van der Waals surface area contributed by atoms with Crippen LogP contribution in [0.4, 0.5) is 11.4 Å². The third kappa shape index (κ3) is 4.75. The Hall–Kier alpha value is -2.78. The molecule has 4 bridgehead atoms. The van der Waals surface area contributed by atoms with Gasteiger partial charge in [-0.3, -0.25) is 24.1 Å². The minimum Gasteiger partial charge on any atom is -0.379 e. The molecular weight excluding hydrogens is 484 g/mol. The van der Waals surface area contributed by atoms with Crippen LogP contribution in [0.1, 0.15) is 51.9 Å². The maximum absolute atomic E-state index is 14.5. The number of hydrogen-bond acceptors (Lipinski definition) is 6. The average Bonchev–Trinajstić information content (AvgIpc) is 3.17. The summed E-state index contributed by atoms with van der Waals surface area (Å²) in [6.45, 7) is 5.51. The van der Waals surface area contributed by atoms with Crippen molar-refractivity contribution >= 4 is 35.0 Å². The molecule has 6 aliphatic rings. The summed E-state index contributed by atoms with van der Waals surface area (Å²) < 4.78 is 5.49. The second-order valence-electron chi connectivity index (χ2n) is 12.2. The van der Waals surface area contributed by atoms with Gasteiger partial charge in [0.1, 0.15) is 6.04 Å². The lowest BCUT2D eigenvalue weighted by Gasteiger charge is -2.57. The van der Waals surface area contributed by atoms with Crippen LogP contribution in [-0.2, 0) is 23.9 Å². The highest BCUT2D eigenvalue weighted by Gasteiger charge is 2.57. The molecule has 2 saturated heterocycles. The van der Waals surface area contributed by atoms with Crippen LogP contribution in [0.3, 0.4) is 0 Å². The molecule has 1 N–H and O–H groups in total. The maximum Gasteiger partial charge on any atom is 0.257 e. The number of carbonyl (C=O) groups excluding carboxylic acids is 4. The van der Waals surface area contributed by atoms with Crippen molar-refractivity contribution < 1.29 is 23.9 Å².